The summed E-state index contributed by atoms with van der Waals surface area (Å²) in [5.74, 6) is -0.437. The molecule has 2 aliphatic heterocycles. The first-order valence-corrected chi connectivity index (χ1v) is 16.2. The fourth-order valence-electron chi connectivity index (χ4n) is 6.07. The summed E-state index contributed by atoms with van der Waals surface area (Å²) in [4.78, 5) is 12.1. The van der Waals surface area contributed by atoms with Crippen LogP contribution in [0.15, 0.2) is 12.2 Å². The average Bonchev–Trinajstić information content (AvgIpc) is 2.75. The first-order chi connectivity index (χ1) is 16.2. The van der Waals surface area contributed by atoms with Crippen LogP contribution < -0.4 is 0 Å². The van der Waals surface area contributed by atoms with Gasteiger partial charge in [0.15, 0.2) is 14.1 Å². The van der Waals surface area contributed by atoms with Crippen molar-refractivity contribution in [1.29, 1.82) is 0 Å². The molecule has 2 aliphatic rings. The van der Waals surface area contributed by atoms with E-state index in [2.05, 4.69) is 60.6 Å². The monoisotopic (exact) mass is 510 g/mol. The van der Waals surface area contributed by atoms with Crippen LogP contribution in [0.1, 0.15) is 108 Å². The molecular weight excluding hydrogens is 456 g/mol. The van der Waals surface area contributed by atoms with Gasteiger partial charge in [-0.05, 0) is 69.2 Å². The van der Waals surface area contributed by atoms with Gasteiger partial charge >= 0.3 is 5.97 Å². The maximum absolute atomic E-state index is 12.1. The molecule has 6 heteroatoms. The van der Waals surface area contributed by atoms with Gasteiger partial charge in [0.25, 0.3) is 0 Å². The summed E-state index contributed by atoms with van der Waals surface area (Å²) in [5, 5.41) is 0. The summed E-state index contributed by atoms with van der Waals surface area (Å²) >= 11 is 0. The number of ether oxygens (including phenoxy) is 3. The molecular formula is C29H54O5Si. The van der Waals surface area contributed by atoms with Crippen molar-refractivity contribution in [2.75, 3.05) is 13.2 Å². The van der Waals surface area contributed by atoms with E-state index >= 15 is 0 Å². The van der Waals surface area contributed by atoms with Gasteiger partial charge in [-0.1, -0.05) is 54.5 Å². The maximum Gasteiger partial charge on any atom is 0.311 e. The van der Waals surface area contributed by atoms with Gasteiger partial charge in [-0.3, -0.25) is 4.79 Å². The van der Waals surface area contributed by atoms with E-state index < -0.39 is 19.5 Å². The Morgan fingerprint density at radius 3 is 2.23 bits per heavy atom. The van der Waals surface area contributed by atoms with Crippen LogP contribution in [0.5, 0.6) is 0 Å². The van der Waals surface area contributed by atoms with Crippen LogP contribution in [0, 0.1) is 11.3 Å². The van der Waals surface area contributed by atoms with Crippen LogP contribution in [0.2, 0.25) is 16.6 Å². The zero-order chi connectivity index (χ0) is 26.4. The van der Waals surface area contributed by atoms with Crippen molar-refractivity contribution in [3.05, 3.63) is 12.2 Å². The number of hydrogen-bond donors (Lipinski definition) is 0. The normalized spacial score (nSPS) is 27.9. The standard InChI is InChI=1S/C29H54O5Si/c1-21(2)35(22(3)4,23(5)6)32-19-12-14-26-24(7)15-18-29(34-26)17-11-13-25(33-29)16-20-31-27(30)28(8,9)10/h15,18,21-26H,11-14,16-17,19-20H2,1-10H3/t24-,25-,26+,29-/m0/s1. The summed E-state index contributed by atoms with van der Waals surface area (Å²) in [5.41, 5.74) is 1.34. The van der Waals surface area contributed by atoms with E-state index in [4.69, 9.17) is 18.6 Å². The molecule has 5 nitrogen and oxygen atoms in total. The van der Waals surface area contributed by atoms with Crippen molar-refractivity contribution in [3.8, 4) is 0 Å². The highest BCUT2D eigenvalue weighted by molar-refractivity contribution is 6.77. The second-order valence-corrected chi connectivity index (χ2v) is 18.3. The molecule has 0 bridgehead atoms. The first kappa shape index (κ1) is 30.5. The van der Waals surface area contributed by atoms with Crippen molar-refractivity contribution >= 4 is 14.3 Å². The van der Waals surface area contributed by atoms with E-state index in [9.17, 15) is 4.79 Å². The Labute approximate surface area is 216 Å². The molecule has 0 amide bonds. The Hall–Kier alpha value is -0.693. The van der Waals surface area contributed by atoms with Crippen molar-refractivity contribution in [1.82, 2.24) is 0 Å². The lowest BCUT2D eigenvalue weighted by molar-refractivity contribution is -0.281. The molecule has 1 spiro atoms. The predicted molar refractivity (Wildman–Crippen MR) is 146 cm³/mol. The molecule has 0 aromatic heterocycles. The lowest BCUT2D eigenvalue weighted by Crippen LogP contribution is -2.48. The van der Waals surface area contributed by atoms with Crippen LogP contribution in [-0.2, 0) is 23.4 Å². The molecule has 2 rings (SSSR count). The fourth-order valence-corrected chi connectivity index (χ4v) is 11.6. The van der Waals surface area contributed by atoms with Crippen LogP contribution in [0.3, 0.4) is 0 Å². The smallest absolute Gasteiger partial charge is 0.311 e. The van der Waals surface area contributed by atoms with Crippen LogP contribution in [0.25, 0.3) is 0 Å². The Bertz CT molecular complexity index is 674. The molecule has 1 saturated heterocycles. The maximum atomic E-state index is 12.1. The second-order valence-electron chi connectivity index (χ2n) is 12.8. The summed E-state index contributed by atoms with van der Waals surface area (Å²) in [6, 6.07) is 0. The Morgan fingerprint density at radius 2 is 1.66 bits per heavy atom. The van der Waals surface area contributed by atoms with Gasteiger partial charge in [0.1, 0.15) is 0 Å². The number of carbonyl (C=O) groups excluding carboxylic acids is 1. The third-order valence-corrected chi connectivity index (χ3v) is 14.1. The topological polar surface area (TPSA) is 54.0 Å². The number of rotatable bonds is 11. The minimum absolute atomic E-state index is 0.0494. The third kappa shape index (κ3) is 7.89. The van der Waals surface area contributed by atoms with Gasteiger partial charge in [0.2, 0.25) is 0 Å². The van der Waals surface area contributed by atoms with Crippen LogP contribution >= 0.6 is 0 Å². The number of hydrogen-bond acceptors (Lipinski definition) is 5. The average molecular weight is 511 g/mol. The van der Waals surface area contributed by atoms with E-state index in [0.29, 0.717) is 35.6 Å². The Balaban J connectivity index is 1.89. The number of esters is 1. The molecule has 1 fully saturated rings. The molecule has 2 heterocycles. The van der Waals surface area contributed by atoms with Crippen molar-refractivity contribution in [3.63, 3.8) is 0 Å². The summed E-state index contributed by atoms with van der Waals surface area (Å²) in [6.07, 6.45) is 10.2. The highest BCUT2D eigenvalue weighted by atomic mass is 28.4. The van der Waals surface area contributed by atoms with E-state index in [0.717, 1.165) is 38.7 Å². The summed E-state index contributed by atoms with van der Waals surface area (Å²) in [6.45, 7) is 23.1. The zero-order valence-corrected chi connectivity index (χ0v) is 25.3. The van der Waals surface area contributed by atoms with Gasteiger partial charge in [0.05, 0.1) is 24.2 Å². The highest BCUT2D eigenvalue weighted by Crippen LogP contribution is 2.43. The molecule has 35 heavy (non-hydrogen) atoms. The quantitative estimate of drug-likeness (QED) is 0.123. The SMILES string of the molecule is CC(C)[Si](OCCC[C@H]1O[C@]2(C=C[C@@H]1C)CCC[C@@H](CCOC(=O)C(C)(C)C)O2)(C(C)C)C(C)C. The van der Waals surface area contributed by atoms with Gasteiger partial charge in [0, 0.05) is 25.4 Å². The second kappa shape index (κ2) is 12.7. The molecule has 0 aromatic rings. The Kier molecular flexibility index (Phi) is 11.1. The lowest BCUT2D eigenvalue weighted by atomic mass is 9.91. The summed E-state index contributed by atoms with van der Waals surface area (Å²) in [7, 11) is -1.83. The van der Waals surface area contributed by atoms with Crippen LogP contribution in [0.4, 0.5) is 0 Å². The van der Waals surface area contributed by atoms with E-state index in [-0.39, 0.29) is 18.2 Å². The molecule has 0 unspecified atom stereocenters. The zero-order valence-electron chi connectivity index (χ0n) is 24.3. The Morgan fingerprint density at radius 1 is 1.03 bits per heavy atom. The third-order valence-electron chi connectivity index (χ3n) is 7.99. The fraction of sp³-hybridized carbons (Fsp3) is 0.897. The summed E-state index contributed by atoms with van der Waals surface area (Å²) < 4.78 is 25.4. The lowest BCUT2D eigenvalue weighted by Gasteiger charge is -2.45. The predicted octanol–water partition coefficient (Wildman–Crippen LogP) is 7.79. The van der Waals surface area contributed by atoms with Gasteiger partial charge < -0.3 is 18.6 Å². The van der Waals surface area contributed by atoms with Crippen LogP contribution in [-0.4, -0.2) is 45.5 Å². The molecule has 0 aliphatic carbocycles. The molecule has 0 saturated carbocycles. The minimum Gasteiger partial charge on any atom is -0.465 e. The van der Waals surface area contributed by atoms with Crippen molar-refractivity contribution < 1.29 is 23.4 Å². The molecule has 0 radical (unpaired) electrons. The van der Waals surface area contributed by atoms with Gasteiger partial charge in [-0.25, -0.2) is 0 Å². The van der Waals surface area contributed by atoms with Gasteiger partial charge in [-0.2, -0.15) is 0 Å². The van der Waals surface area contributed by atoms with E-state index in [1.54, 1.807) is 0 Å². The van der Waals surface area contributed by atoms with E-state index in [1.807, 2.05) is 20.8 Å². The minimum atomic E-state index is -1.83. The van der Waals surface area contributed by atoms with E-state index in [1.165, 1.54) is 0 Å². The molecule has 4 atom stereocenters. The number of carbonyl (C=O) groups is 1. The van der Waals surface area contributed by atoms with Crippen molar-refractivity contribution in [2.45, 2.75) is 142 Å². The highest BCUT2D eigenvalue weighted by Gasteiger charge is 2.45. The molecule has 0 aromatic carbocycles. The van der Waals surface area contributed by atoms with Gasteiger partial charge in [-0.15, -0.1) is 0 Å². The first-order valence-electron chi connectivity index (χ1n) is 14.1. The molecule has 0 N–H and O–H groups in total. The van der Waals surface area contributed by atoms with Crippen molar-refractivity contribution in [2.24, 2.45) is 11.3 Å². The largest absolute Gasteiger partial charge is 0.465 e. The molecule has 204 valence electrons.